The SMILES string of the molecule is C=C1C(=O)OC23CC(C)CCC2C(C)(O)CCC13. The molecule has 0 radical (unpaired) electrons. The van der Waals surface area contributed by atoms with Crippen molar-refractivity contribution in [3.8, 4) is 0 Å². The lowest BCUT2D eigenvalue weighted by Gasteiger charge is -2.54. The minimum Gasteiger partial charge on any atom is -0.455 e. The fourth-order valence-corrected chi connectivity index (χ4v) is 4.60. The molecule has 0 aromatic carbocycles. The second-order valence-electron chi connectivity index (χ2n) is 6.76. The molecule has 2 saturated carbocycles. The molecular weight excluding hydrogens is 228 g/mol. The van der Waals surface area contributed by atoms with E-state index in [9.17, 15) is 9.90 Å². The second-order valence-corrected chi connectivity index (χ2v) is 6.76. The van der Waals surface area contributed by atoms with Crippen LogP contribution in [0.15, 0.2) is 12.2 Å². The third kappa shape index (κ3) is 1.43. The Labute approximate surface area is 108 Å². The maximum atomic E-state index is 11.9. The van der Waals surface area contributed by atoms with Crippen molar-refractivity contribution in [2.24, 2.45) is 17.8 Å². The molecule has 3 heteroatoms. The van der Waals surface area contributed by atoms with E-state index in [1.165, 1.54) is 0 Å². The summed E-state index contributed by atoms with van der Waals surface area (Å²) in [7, 11) is 0. The van der Waals surface area contributed by atoms with Gasteiger partial charge in [-0.3, -0.25) is 0 Å². The zero-order chi connectivity index (χ0) is 13.1. The first kappa shape index (κ1) is 12.2. The van der Waals surface area contributed by atoms with Gasteiger partial charge in [-0.1, -0.05) is 19.9 Å². The topological polar surface area (TPSA) is 46.5 Å². The van der Waals surface area contributed by atoms with Crippen LogP contribution >= 0.6 is 0 Å². The van der Waals surface area contributed by atoms with Crippen LogP contribution in [0.25, 0.3) is 0 Å². The molecule has 5 unspecified atom stereocenters. The fraction of sp³-hybridized carbons (Fsp3) is 0.800. The minimum absolute atomic E-state index is 0.0724. The standard InChI is InChI=1S/C15H22O3/c1-9-4-5-12-14(3,17)7-6-11-10(2)13(16)18-15(11,12)8-9/h9,11-12,17H,2,4-8H2,1,3H3. The van der Waals surface area contributed by atoms with Gasteiger partial charge in [0.05, 0.1) is 5.60 Å². The average molecular weight is 250 g/mol. The van der Waals surface area contributed by atoms with E-state index in [1.54, 1.807) is 0 Å². The fourth-order valence-electron chi connectivity index (χ4n) is 4.60. The summed E-state index contributed by atoms with van der Waals surface area (Å²) in [6, 6.07) is 0. The van der Waals surface area contributed by atoms with Crippen LogP contribution < -0.4 is 0 Å². The molecule has 2 aliphatic carbocycles. The molecule has 18 heavy (non-hydrogen) atoms. The summed E-state index contributed by atoms with van der Waals surface area (Å²) in [5, 5.41) is 10.6. The zero-order valence-corrected chi connectivity index (χ0v) is 11.2. The molecule has 3 fully saturated rings. The molecule has 0 bridgehead atoms. The Morgan fingerprint density at radius 1 is 1.39 bits per heavy atom. The van der Waals surface area contributed by atoms with Gasteiger partial charge in [0, 0.05) is 17.4 Å². The van der Waals surface area contributed by atoms with E-state index in [1.807, 2.05) is 6.92 Å². The summed E-state index contributed by atoms with van der Waals surface area (Å²) >= 11 is 0. The molecule has 1 saturated heterocycles. The molecule has 3 nitrogen and oxygen atoms in total. The summed E-state index contributed by atoms with van der Waals surface area (Å²) in [5.41, 5.74) is -0.542. The third-order valence-electron chi connectivity index (χ3n) is 5.45. The lowest BCUT2D eigenvalue weighted by Crippen LogP contribution is -2.60. The van der Waals surface area contributed by atoms with Crippen molar-refractivity contribution in [1.29, 1.82) is 0 Å². The molecule has 3 aliphatic rings. The Bertz CT molecular complexity index is 412. The highest BCUT2D eigenvalue weighted by Crippen LogP contribution is 2.59. The Morgan fingerprint density at radius 3 is 2.83 bits per heavy atom. The lowest BCUT2D eigenvalue weighted by molar-refractivity contribution is -0.200. The number of carbonyl (C=O) groups is 1. The number of aliphatic hydroxyl groups is 1. The summed E-state index contributed by atoms with van der Waals surface area (Å²) in [6.07, 6.45) is 4.50. The zero-order valence-electron chi connectivity index (χ0n) is 11.2. The van der Waals surface area contributed by atoms with Crippen molar-refractivity contribution in [2.75, 3.05) is 0 Å². The van der Waals surface area contributed by atoms with Crippen LogP contribution in [0.5, 0.6) is 0 Å². The van der Waals surface area contributed by atoms with Gasteiger partial charge in [0.1, 0.15) is 5.60 Å². The van der Waals surface area contributed by atoms with E-state index in [0.717, 1.165) is 32.1 Å². The number of ether oxygens (including phenoxy) is 1. The molecule has 1 spiro atoms. The number of carbonyl (C=O) groups excluding carboxylic acids is 1. The van der Waals surface area contributed by atoms with Crippen molar-refractivity contribution in [3.05, 3.63) is 12.2 Å². The van der Waals surface area contributed by atoms with E-state index in [0.29, 0.717) is 11.5 Å². The Morgan fingerprint density at radius 2 is 2.11 bits per heavy atom. The van der Waals surface area contributed by atoms with Crippen LogP contribution in [-0.2, 0) is 9.53 Å². The second kappa shape index (κ2) is 3.60. The van der Waals surface area contributed by atoms with Gasteiger partial charge in [-0.05, 0) is 38.5 Å². The molecular formula is C15H22O3. The van der Waals surface area contributed by atoms with E-state index >= 15 is 0 Å². The molecule has 3 rings (SSSR count). The van der Waals surface area contributed by atoms with E-state index in [4.69, 9.17) is 4.74 Å². The Balaban J connectivity index is 2.06. The first-order valence-electron chi connectivity index (χ1n) is 7.01. The van der Waals surface area contributed by atoms with Gasteiger partial charge in [0.15, 0.2) is 0 Å². The normalized spacial score (nSPS) is 51.6. The Kier molecular flexibility index (Phi) is 2.44. The van der Waals surface area contributed by atoms with Crippen LogP contribution in [0.2, 0.25) is 0 Å². The van der Waals surface area contributed by atoms with Crippen molar-refractivity contribution in [1.82, 2.24) is 0 Å². The monoisotopic (exact) mass is 250 g/mol. The summed E-state index contributed by atoms with van der Waals surface area (Å²) < 4.78 is 5.78. The number of hydrogen-bond acceptors (Lipinski definition) is 3. The van der Waals surface area contributed by atoms with Crippen LogP contribution in [0, 0.1) is 17.8 Å². The first-order chi connectivity index (χ1) is 8.37. The number of hydrogen-bond donors (Lipinski definition) is 1. The number of esters is 1. The van der Waals surface area contributed by atoms with Gasteiger partial charge in [-0.25, -0.2) is 4.79 Å². The smallest absolute Gasteiger partial charge is 0.334 e. The van der Waals surface area contributed by atoms with E-state index < -0.39 is 11.2 Å². The molecule has 1 heterocycles. The predicted molar refractivity (Wildman–Crippen MR) is 67.8 cm³/mol. The molecule has 5 atom stereocenters. The van der Waals surface area contributed by atoms with Crippen LogP contribution in [0.4, 0.5) is 0 Å². The van der Waals surface area contributed by atoms with Crippen molar-refractivity contribution in [3.63, 3.8) is 0 Å². The predicted octanol–water partition coefficient (Wildman–Crippen LogP) is 2.44. The van der Waals surface area contributed by atoms with Gasteiger partial charge in [-0.2, -0.15) is 0 Å². The van der Waals surface area contributed by atoms with Gasteiger partial charge in [0.2, 0.25) is 0 Å². The van der Waals surface area contributed by atoms with Crippen molar-refractivity contribution < 1.29 is 14.6 Å². The quantitative estimate of drug-likeness (QED) is 0.530. The van der Waals surface area contributed by atoms with Gasteiger partial charge < -0.3 is 9.84 Å². The summed E-state index contributed by atoms with van der Waals surface area (Å²) in [6.45, 7) is 8.03. The highest BCUT2D eigenvalue weighted by molar-refractivity contribution is 5.91. The van der Waals surface area contributed by atoms with Crippen molar-refractivity contribution >= 4 is 5.97 Å². The van der Waals surface area contributed by atoms with Gasteiger partial charge in [0.25, 0.3) is 0 Å². The van der Waals surface area contributed by atoms with Gasteiger partial charge >= 0.3 is 5.97 Å². The molecule has 0 amide bonds. The van der Waals surface area contributed by atoms with Gasteiger partial charge in [-0.15, -0.1) is 0 Å². The molecule has 0 aromatic rings. The Hall–Kier alpha value is -0.830. The maximum absolute atomic E-state index is 11.9. The third-order valence-corrected chi connectivity index (χ3v) is 5.45. The molecule has 1 aliphatic heterocycles. The number of rotatable bonds is 0. The summed E-state index contributed by atoms with van der Waals surface area (Å²) in [4.78, 5) is 11.9. The first-order valence-corrected chi connectivity index (χ1v) is 7.01. The molecule has 1 N–H and O–H groups in total. The molecule has 100 valence electrons. The van der Waals surface area contributed by atoms with Crippen molar-refractivity contribution in [2.45, 2.75) is 57.2 Å². The maximum Gasteiger partial charge on any atom is 0.334 e. The van der Waals surface area contributed by atoms with E-state index in [-0.39, 0.29) is 17.8 Å². The van der Waals surface area contributed by atoms with Crippen LogP contribution in [-0.4, -0.2) is 22.3 Å². The minimum atomic E-state index is -0.707. The highest BCUT2D eigenvalue weighted by Gasteiger charge is 2.64. The largest absolute Gasteiger partial charge is 0.455 e. The summed E-state index contributed by atoms with van der Waals surface area (Å²) in [5.74, 6) is 0.509. The average Bonchev–Trinajstić information content (AvgIpc) is 2.49. The molecule has 0 aromatic heterocycles. The van der Waals surface area contributed by atoms with Crippen LogP contribution in [0.1, 0.15) is 46.0 Å². The lowest BCUT2D eigenvalue weighted by atomic mass is 9.54. The highest BCUT2D eigenvalue weighted by atomic mass is 16.6. The van der Waals surface area contributed by atoms with E-state index in [2.05, 4.69) is 13.5 Å². The van der Waals surface area contributed by atoms with Crippen LogP contribution in [0.3, 0.4) is 0 Å².